The molecule has 1 aliphatic rings. The summed E-state index contributed by atoms with van der Waals surface area (Å²) in [5.74, 6) is -2.52. The average Bonchev–Trinajstić information content (AvgIpc) is 2.03. The van der Waals surface area contributed by atoms with Crippen LogP contribution in [-0.4, -0.2) is 12.1 Å². The summed E-state index contributed by atoms with van der Waals surface area (Å²) >= 11 is 0. The monoisotopic (exact) mass is 195 g/mol. The van der Waals surface area contributed by atoms with Gasteiger partial charge in [0, 0.05) is 5.92 Å². The maximum Gasteiger partial charge on any atom is 0.391 e. The van der Waals surface area contributed by atoms with Gasteiger partial charge in [0.25, 0.3) is 0 Å². The molecule has 2 atom stereocenters. The van der Waals surface area contributed by atoms with Crippen LogP contribution in [0.25, 0.3) is 0 Å². The number of carbonyl (C=O) groups is 1. The Morgan fingerprint density at radius 2 is 1.92 bits per heavy atom. The standard InChI is InChI=1S/C8H12F3NO/c9-8(10,11)6-3-1-2-5(4-6)7(12)13/h5-6H,1-4H2,(H2,12,13)/t5?,6-/m0/s1. The minimum Gasteiger partial charge on any atom is -0.369 e. The predicted octanol–water partition coefficient (Wildman–Crippen LogP) is 1.84. The van der Waals surface area contributed by atoms with Gasteiger partial charge in [0.05, 0.1) is 5.92 Å². The lowest BCUT2D eigenvalue weighted by Crippen LogP contribution is -2.34. The Labute approximate surface area is 74.3 Å². The first-order chi connectivity index (χ1) is 5.91. The molecule has 0 bridgehead atoms. The summed E-state index contributed by atoms with van der Waals surface area (Å²) < 4.78 is 36.7. The van der Waals surface area contributed by atoms with Gasteiger partial charge in [-0.1, -0.05) is 6.42 Å². The van der Waals surface area contributed by atoms with Gasteiger partial charge in [-0.15, -0.1) is 0 Å². The lowest BCUT2D eigenvalue weighted by molar-refractivity contribution is -0.186. The summed E-state index contributed by atoms with van der Waals surface area (Å²) in [6.07, 6.45) is -3.22. The molecular formula is C8H12F3NO. The summed E-state index contributed by atoms with van der Waals surface area (Å²) in [5.41, 5.74) is 4.97. The SMILES string of the molecule is NC(=O)C1CCC[C@H](C(F)(F)F)C1. The third-order valence-corrected chi connectivity index (χ3v) is 2.54. The number of primary amides is 1. The van der Waals surface area contributed by atoms with Crippen LogP contribution in [0.2, 0.25) is 0 Å². The molecule has 13 heavy (non-hydrogen) atoms. The highest BCUT2D eigenvalue weighted by Crippen LogP contribution is 2.39. The van der Waals surface area contributed by atoms with Crippen LogP contribution in [0, 0.1) is 11.8 Å². The van der Waals surface area contributed by atoms with E-state index in [2.05, 4.69) is 0 Å². The fourth-order valence-corrected chi connectivity index (χ4v) is 1.75. The first kappa shape index (κ1) is 10.3. The molecule has 1 saturated carbocycles. The first-order valence-electron chi connectivity index (χ1n) is 4.27. The molecule has 0 aromatic rings. The van der Waals surface area contributed by atoms with E-state index in [1.54, 1.807) is 0 Å². The Bertz CT molecular complexity index is 202. The van der Waals surface area contributed by atoms with Crippen LogP contribution in [0.15, 0.2) is 0 Å². The Morgan fingerprint density at radius 3 is 2.38 bits per heavy atom. The molecule has 1 amide bonds. The van der Waals surface area contributed by atoms with Gasteiger partial charge in [0.15, 0.2) is 0 Å². The van der Waals surface area contributed by atoms with Crippen molar-refractivity contribution in [3.05, 3.63) is 0 Å². The third kappa shape index (κ3) is 2.60. The van der Waals surface area contributed by atoms with Gasteiger partial charge in [0.2, 0.25) is 5.91 Å². The molecule has 1 aliphatic carbocycles. The second-order valence-electron chi connectivity index (χ2n) is 3.50. The maximum absolute atomic E-state index is 12.2. The van der Waals surface area contributed by atoms with Crippen molar-refractivity contribution in [3.8, 4) is 0 Å². The molecule has 1 rings (SSSR count). The van der Waals surface area contributed by atoms with E-state index in [4.69, 9.17) is 5.73 Å². The molecule has 5 heteroatoms. The maximum atomic E-state index is 12.2. The zero-order chi connectivity index (χ0) is 10.1. The van der Waals surface area contributed by atoms with E-state index >= 15 is 0 Å². The number of amides is 1. The first-order valence-corrected chi connectivity index (χ1v) is 4.27. The smallest absolute Gasteiger partial charge is 0.369 e. The molecular weight excluding hydrogens is 183 g/mol. The fraction of sp³-hybridized carbons (Fsp3) is 0.875. The number of halogens is 3. The van der Waals surface area contributed by atoms with E-state index < -0.39 is 23.9 Å². The lowest BCUT2D eigenvalue weighted by Gasteiger charge is -2.28. The number of hydrogen-bond acceptors (Lipinski definition) is 1. The van der Waals surface area contributed by atoms with Gasteiger partial charge in [-0.05, 0) is 19.3 Å². The highest BCUT2D eigenvalue weighted by Gasteiger charge is 2.43. The van der Waals surface area contributed by atoms with Gasteiger partial charge in [-0.25, -0.2) is 0 Å². The largest absolute Gasteiger partial charge is 0.391 e. The molecule has 0 spiro atoms. The molecule has 0 radical (unpaired) electrons. The van der Waals surface area contributed by atoms with E-state index in [0.29, 0.717) is 12.8 Å². The van der Waals surface area contributed by atoms with Gasteiger partial charge >= 0.3 is 6.18 Å². The van der Waals surface area contributed by atoms with Crippen molar-refractivity contribution < 1.29 is 18.0 Å². The van der Waals surface area contributed by atoms with Crippen molar-refractivity contribution in [3.63, 3.8) is 0 Å². The average molecular weight is 195 g/mol. The zero-order valence-corrected chi connectivity index (χ0v) is 7.10. The van der Waals surface area contributed by atoms with Crippen LogP contribution in [0.3, 0.4) is 0 Å². The van der Waals surface area contributed by atoms with Crippen LogP contribution in [-0.2, 0) is 4.79 Å². The Kier molecular flexibility index (Phi) is 2.83. The number of hydrogen-bond donors (Lipinski definition) is 1. The van der Waals surface area contributed by atoms with E-state index in [1.807, 2.05) is 0 Å². The molecule has 2 nitrogen and oxygen atoms in total. The zero-order valence-electron chi connectivity index (χ0n) is 7.10. The molecule has 0 aromatic heterocycles. The summed E-state index contributed by atoms with van der Waals surface area (Å²) in [6, 6.07) is 0. The highest BCUT2D eigenvalue weighted by atomic mass is 19.4. The molecule has 0 aromatic carbocycles. The summed E-state index contributed by atoms with van der Waals surface area (Å²) in [5, 5.41) is 0. The van der Waals surface area contributed by atoms with Crippen molar-refractivity contribution >= 4 is 5.91 Å². The van der Waals surface area contributed by atoms with Crippen LogP contribution in [0.1, 0.15) is 25.7 Å². The quantitative estimate of drug-likeness (QED) is 0.681. The second kappa shape index (κ2) is 3.55. The van der Waals surface area contributed by atoms with Gasteiger partial charge in [-0.3, -0.25) is 4.79 Å². The summed E-state index contributed by atoms with van der Waals surface area (Å²) in [4.78, 5) is 10.7. The molecule has 0 saturated heterocycles. The van der Waals surface area contributed by atoms with Gasteiger partial charge in [0.1, 0.15) is 0 Å². The van der Waals surface area contributed by atoms with E-state index in [-0.39, 0.29) is 12.8 Å². The van der Waals surface area contributed by atoms with E-state index in [0.717, 1.165) is 0 Å². The highest BCUT2D eigenvalue weighted by molar-refractivity contribution is 5.76. The fourth-order valence-electron chi connectivity index (χ4n) is 1.75. The van der Waals surface area contributed by atoms with Gasteiger partial charge in [-0.2, -0.15) is 13.2 Å². The molecule has 0 aliphatic heterocycles. The van der Waals surface area contributed by atoms with Crippen LogP contribution < -0.4 is 5.73 Å². The Balaban J connectivity index is 2.57. The van der Waals surface area contributed by atoms with Gasteiger partial charge < -0.3 is 5.73 Å². The van der Waals surface area contributed by atoms with Crippen molar-refractivity contribution in [1.29, 1.82) is 0 Å². The van der Waals surface area contributed by atoms with Crippen molar-refractivity contribution in [2.45, 2.75) is 31.9 Å². The van der Waals surface area contributed by atoms with E-state index in [9.17, 15) is 18.0 Å². The minimum atomic E-state index is -4.17. The predicted molar refractivity (Wildman–Crippen MR) is 40.7 cm³/mol. The Hall–Kier alpha value is -0.740. The van der Waals surface area contributed by atoms with Crippen LogP contribution >= 0.6 is 0 Å². The molecule has 76 valence electrons. The third-order valence-electron chi connectivity index (χ3n) is 2.54. The molecule has 2 N–H and O–H groups in total. The normalized spacial score (nSPS) is 30.1. The van der Waals surface area contributed by atoms with Crippen molar-refractivity contribution in [1.82, 2.24) is 0 Å². The topological polar surface area (TPSA) is 43.1 Å². The van der Waals surface area contributed by atoms with Crippen molar-refractivity contribution in [2.24, 2.45) is 17.6 Å². The number of nitrogens with two attached hydrogens (primary N) is 1. The lowest BCUT2D eigenvalue weighted by atomic mass is 9.81. The summed E-state index contributed by atoms with van der Waals surface area (Å²) in [7, 11) is 0. The summed E-state index contributed by atoms with van der Waals surface area (Å²) in [6.45, 7) is 0. The molecule has 1 unspecified atom stereocenters. The van der Waals surface area contributed by atoms with Crippen molar-refractivity contribution in [2.75, 3.05) is 0 Å². The number of alkyl halides is 3. The van der Waals surface area contributed by atoms with Crippen LogP contribution in [0.4, 0.5) is 13.2 Å². The van der Waals surface area contributed by atoms with E-state index in [1.165, 1.54) is 0 Å². The second-order valence-corrected chi connectivity index (χ2v) is 3.50. The minimum absolute atomic E-state index is 0.126. The number of rotatable bonds is 1. The number of carbonyl (C=O) groups excluding carboxylic acids is 1. The molecule has 0 heterocycles. The van der Waals surface area contributed by atoms with Crippen LogP contribution in [0.5, 0.6) is 0 Å². The Morgan fingerprint density at radius 1 is 1.31 bits per heavy atom. The molecule has 1 fully saturated rings.